The maximum absolute atomic E-state index is 13.0. The predicted octanol–water partition coefficient (Wildman–Crippen LogP) is 3.05. The van der Waals surface area contributed by atoms with Crippen molar-refractivity contribution in [2.75, 3.05) is 18.5 Å². The molecule has 2 rings (SSSR count). The lowest BCUT2D eigenvalue weighted by molar-refractivity contribution is -0.385. The van der Waals surface area contributed by atoms with Gasteiger partial charge in [0.2, 0.25) is 0 Å². The molecule has 0 atom stereocenters. The van der Waals surface area contributed by atoms with Crippen molar-refractivity contribution in [3.8, 4) is 5.75 Å². The number of rotatable bonds is 5. The lowest BCUT2D eigenvalue weighted by Crippen LogP contribution is -2.27. The van der Waals surface area contributed by atoms with Crippen LogP contribution in [0.3, 0.4) is 0 Å². The van der Waals surface area contributed by atoms with Crippen LogP contribution in [0.1, 0.15) is 11.1 Å². The van der Waals surface area contributed by atoms with Gasteiger partial charge in [-0.25, -0.2) is 8.42 Å². The van der Waals surface area contributed by atoms with Crippen LogP contribution in [-0.4, -0.2) is 27.5 Å². The summed E-state index contributed by atoms with van der Waals surface area (Å²) in [4.78, 5) is 10.2. The summed E-state index contributed by atoms with van der Waals surface area (Å²) in [6.45, 7) is 3.43. The summed E-state index contributed by atoms with van der Waals surface area (Å²) in [5, 5.41) is 11.0. The van der Waals surface area contributed by atoms with Crippen molar-refractivity contribution >= 4 is 21.4 Å². The fraction of sp³-hybridized carbons (Fsp3) is 0.250. The number of ether oxygens (including phenoxy) is 1. The lowest BCUT2D eigenvalue weighted by Gasteiger charge is -2.23. The second kappa shape index (κ2) is 6.48. The first kappa shape index (κ1) is 17.7. The second-order valence-electron chi connectivity index (χ2n) is 5.35. The summed E-state index contributed by atoms with van der Waals surface area (Å²) in [7, 11) is -1.13. The normalized spacial score (nSPS) is 11.2. The van der Waals surface area contributed by atoms with Gasteiger partial charge in [-0.1, -0.05) is 12.1 Å². The minimum atomic E-state index is -3.98. The number of nitro benzene ring substituents is 1. The largest absolute Gasteiger partial charge is 0.495 e. The molecule has 0 aliphatic heterocycles. The Morgan fingerprint density at radius 3 is 2.38 bits per heavy atom. The standard InChI is InChI=1S/C16H18N2O5S/c1-11-5-8-15(23-4)14(9-11)17(3)24(21,22)16-10-13(18(19)20)7-6-12(16)2/h5-10H,1-4H3. The molecule has 0 saturated carbocycles. The average Bonchev–Trinajstić information content (AvgIpc) is 2.54. The highest BCUT2D eigenvalue weighted by atomic mass is 32.2. The molecule has 0 amide bonds. The Morgan fingerprint density at radius 2 is 1.79 bits per heavy atom. The molecule has 2 aromatic rings. The topological polar surface area (TPSA) is 89.8 Å². The highest BCUT2D eigenvalue weighted by Crippen LogP contribution is 2.33. The van der Waals surface area contributed by atoms with E-state index in [1.807, 2.05) is 6.92 Å². The van der Waals surface area contributed by atoms with Gasteiger partial charge in [0.1, 0.15) is 5.75 Å². The molecule has 0 aliphatic carbocycles. The molecule has 0 saturated heterocycles. The number of non-ortho nitro benzene ring substituents is 1. The van der Waals surface area contributed by atoms with Gasteiger partial charge in [-0.2, -0.15) is 0 Å². The van der Waals surface area contributed by atoms with Crippen LogP contribution in [-0.2, 0) is 10.0 Å². The Hall–Kier alpha value is -2.61. The molecule has 0 aliphatic rings. The van der Waals surface area contributed by atoms with Gasteiger partial charge in [0, 0.05) is 19.2 Å². The molecule has 8 heteroatoms. The number of anilines is 1. The van der Waals surface area contributed by atoms with Crippen molar-refractivity contribution in [1.82, 2.24) is 0 Å². The van der Waals surface area contributed by atoms with Gasteiger partial charge in [0.05, 0.1) is 22.6 Å². The zero-order chi connectivity index (χ0) is 18.1. The van der Waals surface area contributed by atoms with E-state index in [0.29, 0.717) is 17.0 Å². The van der Waals surface area contributed by atoms with Crippen LogP contribution in [0.15, 0.2) is 41.3 Å². The highest BCUT2D eigenvalue weighted by molar-refractivity contribution is 7.92. The molecule has 0 aromatic heterocycles. The fourth-order valence-electron chi connectivity index (χ4n) is 2.30. The minimum absolute atomic E-state index is 0.109. The highest BCUT2D eigenvalue weighted by Gasteiger charge is 2.27. The molecule has 0 bridgehead atoms. The van der Waals surface area contributed by atoms with Gasteiger partial charge in [-0.15, -0.1) is 0 Å². The number of hydrogen-bond donors (Lipinski definition) is 0. The smallest absolute Gasteiger partial charge is 0.270 e. The minimum Gasteiger partial charge on any atom is -0.495 e. The molecule has 0 heterocycles. The summed E-state index contributed by atoms with van der Waals surface area (Å²) in [6.07, 6.45) is 0. The monoisotopic (exact) mass is 350 g/mol. The Kier molecular flexibility index (Phi) is 4.79. The van der Waals surface area contributed by atoms with Gasteiger partial charge in [-0.3, -0.25) is 14.4 Å². The van der Waals surface area contributed by atoms with E-state index in [2.05, 4.69) is 0 Å². The Balaban J connectivity index is 2.61. The zero-order valence-electron chi connectivity index (χ0n) is 13.8. The van der Waals surface area contributed by atoms with E-state index in [0.717, 1.165) is 15.9 Å². The average molecular weight is 350 g/mol. The maximum atomic E-state index is 13.0. The Labute approximate surface area is 140 Å². The van der Waals surface area contributed by atoms with Crippen LogP contribution in [0.25, 0.3) is 0 Å². The van der Waals surface area contributed by atoms with Gasteiger partial charge >= 0.3 is 0 Å². The molecule has 0 N–H and O–H groups in total. The first-order valence-electron chi connectivity index (χ1n) is 7.07. The molecule has 0 spiro atoms. The predicted molar refractivity (Wildman–Crippen MR) is 91.2 cm³/mol. The Morgan fingerprint density at radius 1 is 1.12 bits per heavy atom. The van der Waals surface area contributed by atoms with Crippen LogP contribution in [0.5, 0.6) is 5.75 Å². The van der Waals surface area contributed by atoms with Crippen molar-refractivity contribution < 1.29 is 18.1 Å². The Bertz CT molecular complexity index is 893. The third-order valence-electron chi connectivity index (χ3n) is 3.69. The number of hydrogen-bond acceptors (Lipinski definition) is 5. The molecule has 24 heavy (non-hydrogen) atoms. The molecule has 128 valence electrons. The molecule has 2 aromatic carbocycles. The van der Waals surface area contributed by atoms with Gasteiger partial charge in [0.25, 0.3) is 15.7 Å². The quantitative estimate of drug-likeness (QED) is 0.611. The number of sulfonamides is 1. The van der Waals surface area contributed by atoms with Crippen LogP contribution < -0.4 is 9.04 Å². The number of aryl methyl sites for hydroxylation is 2. The van der Waals surface area contributed by atoms with Crippen molar-refractivity contribution in [1.29, 1.82) is 0 Å². The van der Waals surface area contributed by atoms with Gasteiger partial charge in [-0.05, 0) is 37.1 Å². The van der Waals surface area contributed by atoms with Gasteiger partial charge in [0.15, 0.2) is 0 Å². The fourth-order valence-corrected chi connectivity index (χ4v) is 3.74. The van der Waals surface area contributed by atoms with Crippen molar-refractivity contribution in [3.05, 3.63) is 57.6 Å². The number of nitro groups is 1. The first-order chi connectivity index (χ1) is 11.2. The van der Waals surface area contributed by atoms with Crippen LogP contribution in [0.2, 0.25) is 0 Å². The first-order valence-corrected chi connectivity index (χ1v) is 8.51. The van der Waals surface area contributed by atoms with E-state index in [-0.39, 0.29) is 10.6 Å². The third-order valence-corrected chi connectivity index (χ3v) is 5.61. The maximum Gasteiger partial charge on any atom is 0.270 e. The molecule has 0 fully saturated rings. The van der Waals surface area contributed by atoms with Crippen LogP contribution in [0, 0.1) is 24.0 Å². The van der Waals surface area contributed by atoms with Gasteiger partial charge < -0.3 is 4.74 Å². The molecular formula is C16H18N2O5S. The molecule has 7 nitrogen and oxygen atoms in total. The number of methoxy groups -OCH3 is 1. The number of nitrogens with zero attached hydrogens (tertiary/aromatic N) is 2. The third kappa shape index (κ3) is 3.18. The molecule has 0 radical (unpaired) electrons. The lowest BCUT2D eigenvalue weighted by atomic mass is 10.2. The zero-order valence-corrected chi connectivity index (χ0v) is 14.6. The molecule has 0 unspecified atom stereocenters. The van der Waals surface area contributed by atoms with Crippen molar-refractivity contribution in [3.63, 3.8) is 0 Å². The number of benzene rings is 2. The van der Waals surface area contributed by atoms with E-state index in [9.17, 15) is 18.5 Å². The molecular weight excluding hydrogens is 332 g/mol. The van der Waals surface area contributed by atoms with E-state index in [1.165, 1.54) is 26.3 Å². The van der Waals surface area contributed by atoms with Crippen LogP contribution in [0.4, 0.5) is 11.4 Å². The summed E-state index contributed by atoms with van der Waals surface area (Å²) in [6, 6.07) is 8.94. The summed E-state index contributed by atoms with van der Waals surface area (Å²) < 4.78 is 32.2. The SMILES string of the molecule is COc1ccc(C)cc1N(C)S(=O)(=O)c1cc([N+](=O)[O-])ccc1C. The summed E-state index contributed by atoms with van der Waals surface area (Å²) >= 11 is 0. The van der Waals surface area contributed by atoms with E-state index in [4.69, 9.17) is 4.74 Å². The van der Waals surface area contributed by atoms with E-state index >= 15 is 0 Å². The van der Waals surface area contributed by atoms with E-state index < -0.39 is 14.9 Å². The summed E-state index contributed by atoms with van der Waals surface area (Å²) in [5.74, 6) is 0.398. The van der Waals surface area contributed by atoms with Crippen LogP contribution >= 0.6 is 0 Å². The van der Waals surface area contributed by atoms with E-state index in [1.54, 1.807) is 25.1 Å². The summed E-state index contributed by atoms with van der Waals surface area (Å²) in [5.41, 5.74) is 1.38. The van der Waals surface area contributed by atoms with Crippen molar-refractivity contribution in [2.24, 2.45) is 0 Å². The second-order valence-corrected chi connectivity index (χ2v) is 7.29. The van der Waals surface area contributed by atoms with Crippen molar-refractivity contribution in [2.45, 2.75) is 18.7 Å².